The Morgan fingerprint density at radius 1 is 0.975 bits per heavy atom. The van der Waals surface area contributed by atoms with Gasteiger partial charge in [-0.15, -0.1) is 0 Å². The van der Waals surface area contributed by atoms with Crippen LogP contribution in [-0.2, 0) is 19.1 Å². The van der Waals surface area contributed by atoms with E-state index in [0.29, 0.717) is 28.8 Å². The number of carbonyl (C=O) groups excluding carboxylic acids is 3. The second kappa shape index (κ2) is 10.5. The number of hydrogen-bond acceptors (Lipinski definition) is 6. The van der Waals surface area contributed by atoms with E-state index < -0.39 is 40.7 Å². The molecule has 206 valence electrons. The minimum absolute atomic E-state index is 0.0873. The number of nitrogens with zero attached hydrogens (tertiary/aromatic N) is 2. The molecule has 1 saturated carbocycles. The summed E-state index contributed by atoms with van der Waals surface area (Å²) in [5, 5.41) is 18.4. The van der Waals surface area contributed by atoms with Gasteiger partial charge in [-0.25, -0.2) is 0 Å². The molecule has 7 nitrogen and oxygen atoms in total. The van der Waals surface area contributed by atoms with E-state index in [1.807, 2.05) is 79.7 Å². The van der Waals surface area contributed by atoms with Gasteiger partial charge in [-0.3, -0.25) is 9.59 Å². The predicted octanol–water partition coefficient (Wildman–Crippen LogP) is 5.03. The molecule has 1 aliphatic heterocycles. The summed E-state index contributed by atoms with van der Waals surface area (Å²) in [5.41, 5.74) is 0.0674. The Labute approximate surface area is 234 Å². The average Bonchev–Trinajstić information content (AvgIpc) is 3.20. The van der Waals surface area contributed by atoms with Gasteiger partial charge in [-0.1, -0.05) is 78.4 Å². The average molecular weight is 539 g/mol. The molecule has 40 heavy (non-hydrogen) atoms. The summed E-state index contributed by atoms with van der Waals surface area (Å²) in [6.07, 6.45) is 0.684. The van der Waals surface area contributed by atoms with Crippen molar-refractivity contribution in [2.24, 2.45) is 22.4 Å². The van der Waals surface area contributed by atoms with Crippen LogP contribution in [-0.4, -0.2) is 41.2 Å². The van der Waals surface area contributed by atoms with Gasteiger partial charge in [0, 0.05) is 11.8 Å². The van der Waals surface area contributed by atoms with Crippen molar-refractivity contribution in [2.75, 3.05) is 11.6 Å². The fraction of sp³-hybridized carbons (Fsp3) is 0.333. The monoisotopic (exact) mass is 538 g/mol. The molecule has 1 heterocycles. The van der Waals surface area contributed by atoms with Crippen LogP contribution in [0.5, 0.6) is 0 Å². The van der Waals surface area contributed by atoms with Crippen LogP contribution in [0.1, 0.15) is 49.3 Å². The number of amides is 1. The standard InChI is InChI=1S/C33H34N2O5/c1-5-40-30(37)29-28(24-16-12-13-21(2)19-24)33(22(3)34-35(31(33)38)25-17-10-7-11-18-25)27(23-14-8-6-9-15-23)26(20-36)32(29,4)39/h6-20,26-29,39H,5H2,1-4H3/t26-,27-,28+,29-,32-,33-/m1/s1. The molecule has 1 fully saturated rings. The van der Waals surface area contributed by atoms with Crippen molar-refractivity contribution in [2.45, 2.75) is 45.1 Å². The molecule has 2 aliphatic rings. The number of benzene rings is 3. The largest absolute Gasteiger partial charge is 0.466 e. The number of aldehydes is 1. The van der Waals surface area contributed by atoms with Crippen molar-refractivity contribution in [1.82, 2.24) is 0 Å². The summed E-state index contributed by atoms with van der Waals surface area (Å²) in [6, 6.07) is 26.0. The number of aliphatic hydroxyl groups is 1. The minimum Gasteiger partial charge on any atom is -0.466 e. The summed E-state index contributed by atoms with van der Waals surface area (Å²) in [5.74, 6) is -5.05. The molecule has 5 rings (SSSR count). The molecule has 1 N–H and O–H groups in total. The van der Waals surface area contributed by atoms with Gasteiger partial charge in [0.15, 0.2) is 0 Å². The Balaban J connectivity index is 1.89. The van der Waals surface area contributed by atoms with E-state index in [2.05, 4.69) is 0 Å². The second-order valence-electron chi connectivity index (χ2n) is 10.9. The SMILES string of the molecule is CCOC(=O)[C@H]1[C@H](c2cccc(C)c2)[C@]2(C(=O)N(c3ccccc3)N=C2C)[C@H](c2ccccc2)[C@@H](C=O)[C@@]1(C)O. The van der Waals surface area contributed by atoms with Crippen LogP contribution in [0.15, 0.2) is 90.0 Å². The van der Waals surface area contributed by atoms with Gasteiger partial charge in [-0.2, -0.15) is 10.1 Å². The maximum absolute atomic E-state index is 15.0. The van der Waals surface area contributed by atoms with E-state index in [9.17, 15) is 14.7 Å². The van der Waals surface area contributed by atoms with Gasteiger partial charge in [0.2, 0.25) is 0 Å². The first-order valence-corrected chi connectivity index (χ1v) is 13.6. The number of esters is 1. The van der Waals surface area contributed by atoms with Crippen LogP contribution in [0.4, 0.5) is 5.69 Å². The first kappa shape index (κ1) is 27.5. The van der Waals surface area contributed by atoms with Gasteiger partial charge in [0.05, 0.1) is 35.4 Å². The van der Waals surface area contributed by atoms with Crippen molar-refractivity contribution in [3.05, 3.63) is 102 Å². The lowest BCUT2D eigenvalue weighted by Gasteiger charge is -2.57. The Morgan fingerprint density at radius 3 is 2.20 bits per heavy atom. The third kappa shape index (κ3) is 4.07. The van der Waals surface area contributed by atoms with Gasteiger partial charge in [0.1, 0.15) is 11.7 Å². The fourth-order valence-corrected chi connectivity index (χ4v) is 6.96. The van der Waals surface area contributed by atoms with Crippen molar-refractivity contribution in [3.63, 3.8) is 0 Å². The first-order chi connectivity index (χ1) is 19.2. The molecule has 3 aromatic carbocycles. The van der Waals surface area contributed by atoms with E-state index in [0.717, 1.165) is 5.56 Å². The molecule has 0 unspecified atom stereocenters. The van der Waals surface area contributed by atoms with E-state index in [1.165, 1.54) is 11.9 Å². The second-order valence-corrected chi connectivity index (χ2v) is 10.9. The molecule has 0 saturated heterocycles. The number of para-hydroxylation sites is 1. The summed E-state index contributed by atoms with van der Waals surface area (Å²) in [7, 11) is 0. The van der Waals surface area contributed by atoms with Gasteiger partial charge in [0.25, 0.3) is 5.91 Å². The number of ether oxygens (including phenoxy) is 1. The Bertz CT molecular complexity index is 1450. The third-order valence-electron chi connectivity index (χ3n) is 8.62. The molecule has 1 aliphatic carbocycles. The van der Waals surface area contributed by atoms with E-state index in [-0.39, 0.29) is 12.5 Å². The van der Waals surface area contributed by atoms with Crippen LogP contribution >= 0.6 is 0 Å². The van der Waals surface area contributed by atoms with Crippen molar-refractivity contribution in [1.29, 1.82) is 0 Å². The molecule has 1 spiro atoms. The number of anilines is 1. The Kier molecular flexibility index (Phi) is 7.19. The zero-order valence-corrected chi connectivity index (χ0v) is 23.2. The highest BCUT2D eigenvalue weighted by Crippen LogP contribution is 2.65. The number of hydrazone groups is 1. The van der Waals surface area contributed by atoms with Gasteiger partial charge in [-0.05, 0) is 51.0 Å². The summed E-state index contributed by atoms with van der Waals surface area (Å²) in [4.78, 5) is 41.8. The van der Waals surface area contributed by atoms with E-state index in [1.54, 1.807) is 26.0 Å². The van der Waals surface area contributed by atoms with Crippen molar-refractivity contribution >= 4 is 29.6 Å². The van der Waals surface area contributed by atoms with E-state index >= 15 is 4.79 Å². The van der Waals surface area contributed by atoms with Gasteiger partial charge < -0.3 is 14.6 Å². The Hall–Kier alpha value is -4.10. The Morgan fingerprint density at radius 2 is 1.60 bits per heavy atom. The molecular weight excluding hydrogens is 504 g/mol. The molecule has 3 aromatic rings. The summed E-state index contributed by atoms with van der Waals surface area (Å²) in [6.45, 7) is 7.02. The summed E-state index contributed by atoms with van der Waals surface area (Å²) < 4.78 is 5.54. The lowest BCUT2D eigenvalue weighted by Crippen LogP contribution is -2.66. The van der Waals surface area contributed by atoms with Crippen LogP contribution < -0.4 is 5.01 Å². The van der Waals surface area contributed by atoms with Crippen LogP contribution in [0.2, 0.25) is 0 Å². The van der Waals surface area contributed by atoms with Crippen molar-refractivity contribution in [3.8, 4) is 0 Å². The first-order valence-electron chi connectivity index (χ1n) is 13.6. The highest BCUT2D eigenvalue weighted by atomic mass is 16.5. The normalized spacial score (nSPS) is 29.8. The molecule has 0 radical (unpaired) electrons. The molecule has 1 amide bonds. The van der Waals surface area contributed by atoms with E-state index in [4.69, 9.17) is 9.84 Å². The molecule has 7 heteroatoms. The predicted molar refractivity (Wildman–Crippen MR) is 153 cm³/mol. The van der Waals surface area contributed by atoms with Gasteiger partial charge >= 0.3 is 5.97 Å². The lowest BCUT2D eigenvalue weighted by atomic mass is 9.44. The molecule has 6 atom stereocenters. The van der Waals surface area contributed by atoms with Crippen LogP contribution in [0.25, 0.3) is 0 Å². The quantitative estimate of drug-likeness (QED) is 0.351. The maximum atomic E-state index is 15.0. The number of rotatable bonds is 6. The molecular formula is C33H34N2O5. The lowest BCUT2D eigenvalue weighted by molar-refractivity contribution is -0.179. The number of carbonyl (C=O) groups is 3. The van der Waals surface area contributed by atoms with Crippen LogP contribution in [0, 0.1) is 24.2 Å². The zero-order chi connectivity index (χ0) is 28.7. The fourth-order valence-electron chi connectivity index (χ4n) is 6.96. The smallest absolute Gasteiger partial charge is 0.312 e. The topological polar surface area (TPSA) is 96.3 Å². The number of aryl methyl sites for hydroxylation is 1. The summed E-state index contributed by atoms with van der Waals surface area (Å²) >= 11 is 0. The third-order valence-corrected chi connectivity index (χ3v) is 8.62. The molecule has 0 aromatic heterocycles. The maximum Gasteiger partial charge on any atom is 0.312 e. The minimum atomic E-state index is -1.84. The highest BCUT2D eigenvalue weighted by molar-refractivity contribution is 6.21. The van der Waals surface area contributed by atoms with Crippen molar-refractivity contribution < 1.29 is 24.2 Å². The zero-order valence-electron chi connectivity index (χ0n) is 23.2. The number of hydrogen-bond donors (Lipinski definition) is 1. The molecule has 0 bridgehead atoms. The van der Waals surface area contributed by atoms with Crippen LogP contribution in [0.3, 0.4) is 0 Å². The highest BCUT2D eigenvalue weighted by Gasteiger charge is 2.72.